The van der Waals surface area contributed by atoms with Gasteiger partial charge in [-0.15, -0.1) is 0 Å². The fourth-order valence-corrected chi connectivity index (χ4v) is 4.08. The summed E-state index contributed by atoms with van der Waals surface area (Å²) in [5.41, 5.74) is 4.61. The van der Waals surface area contributed by atoms with E-state index < -0.39 is 0 Å². The predicted molar refractivity (Wildman–Crippen MR) is 97.7 cm³/mol. The van der Waals surface area contributed by atoms with Gasteiger partial charge in [-0.1, -0.05) is 36.4 Å². The van der Waals surface area contributed by atoms with Crippen molar-refractivity contribution in [2.24, 2.45) is 5.92 Å². The number of hydrogen-bond acceptors (Lipinski definition) is 2. The largest absolute Gasteiger partial charge is 0.300 e. The van der Waals surface area contributed by atoms with Crippen LogP contribution >= 0.6 is 0 Å². The van der Waals surface area contributed by atoms with Crippen LogP contribution in [0.2, 0.25) is 0 Å². The first kappa shape index (κ1) is 15.4. The monoisotopic (exact) mass is 316 g/mol. The van der Waals surface area contributed by atoms with Gasteiger partial charge in [0, 0.05) is 12.6 Å². The lowest BCUT2D eigenvalue weighted by Gasteiger charge is -2.20. The zero-order valence-corrected chi connectivity index (χ0v) is 14.3. The molecule has 1 aliphatic carbocycles. The number of benzene rings is 2. The van der Waals surface area contributed by atoms with Crippen LogP contribution in [0.3, 0.4) is 0 Å². The Kier molecular flexibility index (Phi) is 4.12. The van der Waals surface area contributed by atoms with Gasteiger partial charge in [0.25, 0.3) is 0 Å². The highest BCUT2D eigenvalue weighted by molar-refractivity contribution is 5.64. The number of nitriles is 1. The highest BCUT2D eigenvalue weighted by Crippen LogP contribution is 2.48. The molecule has 4 rings (SSSR count). The molecule has 1 saturated heterocycles. The fraction of sp³-hybridized carbons (Fsp3) is 0.409. The van der Waals surface area contributed by atoms with Gasteiger partial charge >= 0.3 is 0 Å². The molecule has 0 radical (unpaired) electrons. The lowest BCUT2D eigenvalue weighted by Crippen LogP contribution is -2.29. The lowest BCUT2D eigenvalue weighted by molar-refractivity contribution is 0.256. The van der Waals surface area contributed by atoms with E-state index in [1.54, 1.807) is 0 Å². The van der Waals surface area contributed by atoms with Gasteiger partial charge in [0.05, 0.1) is 11.6 Å². The molecule has 0 N–H and O–H groups in total. The summed E-state index contributed by atoms with van der Waals surface area (Å²) in [7, 11) is 0. The molecule has 0 aromatic heterocycles. The van der Waals surface area contributed by atoms with Crippen molar-refractivity contribution in [3.05, 3.63) is 59.7 Å². The van der Waals surface area contributed by atoms with Crippen LogP contribution in [-0.4, -0.2) is 24.0 Å². The third-order valence-corrected chi connectivity index (χ3v) is 5.77. The Balaban J connectivity index is 1.40. The highest BCUT2D eigenvalue weighted by Gasteiger charge is 2.40. The van der Waals surface area contributed by atoms with E-state index in [-0.39, 0.29) is 0 Å². The van der Waals surface area contributed by atoms with Crippen molar-refractivity contribution in [3.8, 4) is 17.2 Å². The maximum atomic E-state index is 8.89. The molecule has 2 fully saturated rings. The van der Waals surface area contributed by atoms with Gasteiger partial charge in [-0.3, -0.25) is 0 Å². The molecule has 0 bridgehead atoms. The SMILES string of the molecule is C[C@H]1CCCN1CC1C[C@@H]1c1ccc(-c2ccc(C#N)cc2)cc1. The molecule has 24 heavy (non-hydrogen) atoms. The Morgan fingerprint density at radius 3 is 2.29 bits per heavy atom. The van der Waals surface area contributed by atoms with Gasteiger partial charge in [0.15, 0.2) is 0 Å². The Bertz CT molecular complexity index is 739. The van der Waals surface area contributed by atoms with E-state index in [4.69, 9.17) is 5.26 Å². The van der Waals surface area contributed by atoms with Crippen molar-refractivity contribution in [1.82, 2.24) is 4.90 Å². The van der Waals surface area contributed by atoms with Crippen LogP contribution in [0.15, 0.2) is 48.5 Å². The second-order valence-corrected chi connectivity index (χ2v) is 7.40. The number of likely N-dealkylation sites (tertiary alicyclic amines) is 1. The standard InChI is InChI=1S/C22H24N2/c1-16-3-2-12-24(16)15-21-13-22(21)20-10-8-19(9-11-20)18-6-4-17(14-23)5-7-18/h4-11,16,21-22H,2-3,12-13,15H2,1H3/t16-,21?,22+/m0/s1. The molecule has 1 saturated carbocycles. The highest BCUT2D eigenvalue weighted by atomic mass is 15.2. The summed E-state index contributed by atoms with van der Waals surface area (Å²) >= 11 is 0. The lowest BCUT2D eigenvalue weighted by atomic mass is 10.0. The summed E-state index contributed by atoms with van der Waals surface area (Å²) in [5, 5.41) is 8.89. The molecule has 0 amide bonds. The Hall–Kier alpha value is -2.11. The molecule has 2 nitrogen and oxygen atoms in total. The summed E-state index contributed by atoms with van der Waals surface area (Å²) in [4.78, 5) is 2.68. The molecule has 2 heteroatoms. The fourth-order valence-electron chi connectivity index (χ4n) is 4.08. The molecule has 2 aromatic rings. The number of nitrogens with zero attached hydrogens (tertiary/aromatic N) is 2. The zero-order chi connectivity index (χ0) is 16.5. The van der Waals surface area contributed by atoms with Crippen LogP contribution in [0, 0.1) is 17.2 Å². The molecule has 2 aliphatic rings. The Morgan fingerprint density at radius 1 is 1.04 bits per heavy atom. The van der Waals surface area contributed by atoms with Crippen LogP contribution in [-0.2, 0) is 0 Å². The summed E-state index contributed by atoms with van der Waals surface area (Å²) < 4.78 is 0. The molecular formula is C22H24N2. The topological polar surface area (TPSA) is 27.0 Å². The third-order valence-electron chi connectivity index (χ3n) is 5.77. The average Bonchev–Trinajstić information content (AvgIpc) is 3.29. The predicted octanol–water partition coefficient (Wildman–Crippen LogP) is 4.81. The third kappa shape index (κ3) is 3.09. The zero-order valence-electron chi connectivity index (χ0n) is 14.3. The van der Waals surface area contributed by atoms with Crippen molar-refractivity contribution < 1.29 is 0 Å². The smallest absolute Gasteiger partial charge is 0.0991 e. The average molecular weight is 316 g/mol. The van der Waals surface area contributed by atoms with Crippen LogP contribution < -0.4 is 0 Å². The molecule has 3 atom stereocenters. The molecule has 1 heterocycles. The van der Waals surface area contributed by atoms with Crippen molar-refractivity contribution in [1.29, 1.82) is 5.26 Å². The van der Waals surface area contributed by atoms with Gasteiger partial charge < -0.3 is 4.90 Å². The van der Waals surface area contributed by atoms with Gasteiger partial charge in [-0.05, 0) is 73.4 Å². The van der Waals surface area contributed by atoms with Gasteiger partial charge in [0.2, 0.25) is 0 Å². The van der Waals surface area contributed by atoms with Crippen LogP contribution in [0.1, 0.15) is 43.2 Å². The maximum Gasteiger partial charge on any atom is 0.0991 e. The summed E-state index contributed by atoms with van der Waals surface area (Å²) in [6, 6.07) is 19.8. The normalized spacial score (nSPS) is 26.2. The van der Waals surface area contributed by atoms with E-state index in [9.17, 15) is 0 Å². The quantitative estimate of drug-likeness (QED) is 0.809. The number of rotatable bonds is 4. The summed E-state index contributed by atoms with van der Waals surface area (Å²) in [5.74, 6) is 1.61. The molecule has 2 aromatic carbocycles. The Labute approximate surface area is 144 Å². The molecule has 1 aliphatic heterocycles. The second kappa shape index (κ2) is 6.42. The first-order valence-electron chi connectivity index (χ1n) is 9.09. The van der Waals surface area contributed by atoms with E-state index in [1.165, 1.54) is 49.0 Å². The van der Waals surface area contributed by atoms with Crippen molar-refractivity contribution in [3.63, 3.8) is 0 Å². The van der Waals surface area contributed by atoms with E-state index in [0.29, 0.717) is 5.56 Å². The molecule has 1 unspecified atom stereocenters. The van der Waals surface area contributed by atoms with E-state index >= 15 is 0 Å². The van der Waals surface area contributed by atoms with Crippen LogP contribution in [0.5, 0.6) is 0 Å². The van der Waals surface area contributed by atoms with Gasteiger partial charge in [0.1, 0.15) is 0 Å². The van der Waals surface area contributed by atoms with E-state index in [2.05, 4.69) is 42.2 Å². The first-order chi connectivity index (χ1) is 11.7. The molecule has 0 spiro atoms. The van der Waals surface area contributed by atoms with Gasteiger partial charge in [-0.2, -0.15) is 5.26 Å². The van der Waals surface area contributed by atoms with Gasteiger partial charge in [-0.25, -0.2) is 0 Å². The summed E-state index contributed by atoms with van der Waals surface area (Å²) in [6.07, 6.45) is 4.09. The van der Waals surface area contributed by atoms with Crippen molar-refractivity contribution in [2.45, 2.75) is 38.1 Å². The second-order valence-electron chi connectivity index (χ2n) is 7.40. The summed E-state index contributed by atoms with van der Waals surface area (Å²) in [6.45, 7) is 4.95. The maximum absolute atomic E-state index is 8.89. The van der Waals surface area contributed by atoms with Crippen molar-refractivity contribution in [2.75, 3.05) is 13.1 Å². The minimum absolute atomic E-state index is 0.715. The van der Waals surface area contributed by atoms with E-state index in [1.807, 2.05) is 24.3 Å². The van der Waals surface area contributed by atoms with Crippen LogP contribution in [0.25, 0.3) is 11.1 Å². The number of hydrogen-bond donors (Lipinski definition) is 0. The Morgan fingerprint density at radius 2 is 1.71 bits per heavy atom. The van der Waals surface area contributed by atoms with Crippen LogP contribution in [0.4, 0.5) is 0 Å². The minimum Gasteiger partial charge on any atom is -0.300 e. The molecular weight excluding hydrogens is 292 g/mol. The minimum atomic E-state index is 0.715. The van der Waals surface area contributed by atoms with E-state index in [0.717, 1.165) is 17.9 Å². The van der Waals surface area contributed by atoms with Crippen molar-refractivity contribution >= 4 is 0 Å². The first-order valence-corrected chi connectivity index (χ1v) is 9.09. The molecule has 122 valence electrons.